The summed E-state index contributed by atoms with van der Waals surface area (Å²) in [7, 11) is 2.09. The summed E-state index contributed by atoms with van der Waals surface area (Å²) < 4.78 is 0. The van der Waals surface area contributed by atoms with E-state index in [4.69, 9.17) is 17.2 Å². The van der Waals surface area contributed by atoms with Crippen molar-refractivity contribution < 1.29 is 43.2 Å². The number of unbranched alkanes of at least 4 members (excludes halogenated alkanes) is 1. The summed E-state index contributed by atoms with van der Waals surface area (Å²) in [5.74, 6) is -7.32. The third-order valence-corrected chi connectivity index (χ3v) is 14.1. The first-order valence-electron chi connectivity index (χ1n) is 24.0. The van der Waals surface area contributed by atoms with Crippen LogP contribution in [0.4, 0.5) is 0 Å². The molecule has 1 saturated heterocycles. The lowest BCUT2D eigenvalue weighted by Crippen LogP contribution is -2.60. The summed E-state index contributed by atoms with van der Waals surface area (Å²) in [6.45, 7) is 2.58. The SMILES string of the molecule is CCCC[C@H](NC(C)=O)C(=O)N[C@H]1CSSC[C@H](C(N)=O)NC(=O)[C@H](Cc2c[nH]c3ccccc23)NC(=O)[C@H](CCCN=C(N)N)NC(=O)[C@@H](Cc2ccccc2)NC(=O)[C@H](Cc2cnc[nH]2)NC(=O)CNC1=O. The molecule has 2 aromatic heterocycles. The highest BCUT2D eigenvalue weighted by Crippen LogP contribution is 2.24. The van der Waals surface area contributed by atoms with E-state index in [0.29, 0.717) is 29.7 Å². The molecule has 16 N–H and O–H groups in total. The first kappa shape index (κ1) is 57.3. The number of primary amides is 1. The maximum atomic E-state index is 14.6. The Kier molecular flexibility index (Phi) is 22.6. The number of carbonyl (C=O) groups excluding carboxylic acids is 9. The van der Waals surface area contributed by atoms with Gasteiger partial charge >= 0.3 is 0 Å². The van der Waals surface area contributed by atoms with E-state index >= 15 is 0 Å². The number of hydrogen-bond acceptors (Lipinski definition) is 13. The van der Waals surface area contributed by atoms with Gasteiger partial charge in [-0.25, -0.2) is 4.98 Å². The molecule has 1 aliphatic rings. The molecule has 0 unspecified atom stereocenters. The number of hydrogen-bond donors (Lipinski definition) is 13. The number of amides is 9. The molecular formula is C48H65N15O9S2. The summed E-state index contributed by atoms with van der Waals surface area (Å²) in [6.07, 6.45) is 5.91. The highest BCUT2D eigenvalue weighted by molar-refractivity contribution is 8.76. The number of guanidine groups is 1. The van der Waals surface area contributed by atoms with Gasteiger partial charge in [0.25, 0.3) is 0 Å². The zero-order valence-electron chi connectivity index (χ0n) is 41.1. The molecule has 0 aliphatic carbocycles. The fourth-order valence-corrected chi connectivity index (χ4v) is 10.2. The van der Waals surface area contributed by atoms with Crippen LogP contribution >= 0.6 is 21.6 Å². The number of imidazole rings is 1. The predicted octanol–water partition coefficient (Wildman–Crippen LogP) is -1.43. The molecule has 4 aromatic rings. The molecule has 9 amide bonds. The molecule has 74 heavy (non-hydrogen) atoms. The molecule has 7 atom stereocenters. The van der Waals surface area contributed by atoms with Gasteiger partial charge in [0, 0.05) is 73.2 Å². The minimum absolute atomic E-state index is 0.0438. The second-order valence-electron chi connectivity index (χ2n) is 17.5. The van der Waals surface area contributed by atoms with Crippen LogP contribution in [0.15, 0.2) is 78.3 Å². The van der Waals surface area contributed by atoms with Crippen molar-refractivity contribution in [2.45, 2.75) is 108 Å². The van der Waals surface area contributed by atoms with E-state index in [2.05, 4.69) is 62.5 Å². The third kappa shape index (κ3) is 18.5. The van der Waals surface area contributed by atoms with Crippen molar-refractivity contribution in [3.05, 3.63) is 90.1 Å². The van der Waals surface area contributed by atoms with Gasteiger partial charge in [0.05, 0.1) is 12.9 Å². The summed E-state index contributed by atoms with van der Waals surface area (Å²) in [5.41, 5.74) is 19.4. The Hall–Kier alpha value is -7.61. The van der Waals surface area contributed by atoms with Crippen LogP contribution in [0.2, 0.25) is 0 Å². The molecule has 0 radical (unpaired) electrons. The second-order valence-corrected chi connectivity index (χ2v) is 20.0. The fourth-order valence-electron chi connectivity index (χ4n) is 7.82. The summed E-state index contributed by atoms with van der Waals surface area (Å²) >= 11 is 0. The number of aromatic amines is 2. The Labute approximate surface area is 435 Å². The van der Waals surface area contributed by atoms with Crippen LogP contribution in [0.1, 0.15) is 62.8 Å². The molecule has 2 aromatic carbocycles. The highest BCUT2D eigenvalue weighted by Gasteiger charge is 2.34. The molecule has 0 saturated carbocycles. The normalized spacial score (nSPS) is 21.3. The number of H-pyrrole nitrogens is 2. The van der Waals surface area contributed by atoms with Gasteiger partial charge in [-0.3, -0.25) is 48.1 Å². The maximum absolute atomic E-state index is 14.6. The summed E-state index contributed by atoms with van der Waals surface area (Å²) in [6, 6.07) is 7.00. The first-order chi connectivity index (χ1) is 35.5. The van der Waals surface area contributed by atoms with Gasteiger partial charge in [-0.1, -0.05) is 89.9 Å². The Bertz CT molecular complexity index is 2590. The Balaban J connectivity index is 1.54. The van der Waals surface area contributed by atoms with Gasteiger partial charge in [-0.05, 0) is 36.5 Å². The number of benzene rings is 2. The fraction of sp³-hybridized carbons (Fsp3) is 0.438. The van der Waals surface area contributed by atoms with Gasteiger partial charge in [-0.2, -0.15) is 0 Å². The average molecular weight is 1060 g/mol. The number of nitrogens with two attached hydrogens (primary N) is 3. The quantitative estimate of drug-likeness (QED) is 0.0250. The Morgan fingerprint density at radius 2 is 1.41 bits per heavy atom. The van der Waals surface area contributed by atoms with E-state index in [1.54, 1.807) is 36.5 Å². The molecular weight excluding hydrogens is 995 g/mol. The second kappa shape index (κ2) is 29.2. The minimum Gasteiger partial charge on any atom is -0.370 e. The van der Waals surface area contributed by atoms with Crippen molar-refractivity contribution in [2.75, 3.05) is 24.6 Å². The van der Waals surface area contributed by atoms with Gasteiger partial charge < -0.3 is 69.7 Å². The zero-order valence-corrected chi connectivity index (χ0v) is 42.7. The number of nitrogens with zero attached hydrogens (tertiary/aromatic N) is 2. The number of carbonyl (C=O) groups is 9. The van der Waals surface area contributed by atoms with Crippen LogP contribution in [-0.2, 0) is 62.4 Å². The Morgan fingerprint density at radius 1 is 0.757 bits per heavy atom. The molecule has 5 rings (SSSR count). The number of para-hydroxylation sites is 1. The largest absolute Gasteiger partial charge is 0.370 e. The van der Waals surface area contributed by atoms with Gasteiger partial charge in [-0.15, -0.1) is 0 Å². The summed E-state index contributed by atoms with van der Waals surface area (Å²) in [4.78, 5) is 138. The van der Waals surface area contributed by atoms with E-state index in [0.717, 1.165) is 32.5 Å². The van der Waals surface area contributed by atoms with Crippen molar-refractivity contribution in [1.82, 2.24) is 57.5 Å². The maximum Gasteiger partial charge on any atom is 0.243 e. The van der Waals surface area contributed by atoms with E-state index < -0.39 is 102 Å². The molecule has 1 aliphatic heterocycles. The number of rotatable bonds is 17. The van der Waals surface area contributed by atoms with Crippen molar-refractivity contribution in [3.8, 4) is 0 Å². The lowest BCUT2D eigenvalue weighted by atomic mass is 10.0. The van der Waals surface area contributed by atoms with Crippen molar-refractivity contribution in [2.24, 2.45) is 22.2 Å². The third-order valence-electron chi connectivity index (χ3n) is 11.7. The monoisotopic (exact) mass is 1060 g/mol. The van der Waals surface area contributed by atoms with Crippen LogP contribution in [0, 0.1) is 0 Å². The van der Waals surface area contributed by atoms with E-state index in [1.807, 2.05) is 31.2 Å². The minimum atomic E-state index is -1.36. The van der Waals surface area contributed by atoms with Crippen LogP contribution < -0.4 is 59.7 Å². The van der Waals surface area contributed by atoms with Gasteiger partial charge in [0.2, 0.25) is 53.2 Å². The molecule has 0 bridgehead atoms. The zero-order chi connectivity index (χ0) is 53.6. The topological polar surface area (TPSA) is 385 Å². The van der Waals surface area contributed by atoms with Crippen molar-refractivity contribution in [1.29, 1.82) is 0 Å². The molecule has 3 heterocycles. The average Bonchev–Trinajstić information content (AvgIpc) is 4.05. The highest BCUT2D eigenvalue weighted by atomic mass is 33.1. The van der Waals surface area contributed by atoms with Crippen LogP contribution in [0.5, 0.6) is 0 Å². The molecule has 398 valence electrons. The number of aromatic nitrogens is 3. The van der Waals surface area contributed by atoms with Crippen molar-refractivity contribution >= 4 is 91.6 Å². The van der Waals surface area contributed by atoms with Gasteiger partial charge in [0.15, 0.2) is 5.96 Å². The van der Waals surface area contributed by atoms with Gasteiger partial charge in [0.1, 0.15) is 42.3 Å². The molecule has 24 nitrogen and oxygen atoms in total. The predicted molar refractivity (Wildman–Crippen MR) is 280 cm³/mol. The first-order valence-corrected chi connectivity index (χ1v) is 26.5. The standard InChI is InChI=1S/C48H65N15O9S2/c1-3-4-14-33(57-27(2)64)43(68)63-39-25-74-73-24-38(41(49)66)62-46(71)36(19-29-21-54-32-15-9-8-13-31(29)32)61-44(69)34(16-10-17-53-48(50)51)59-45(70)35(18-28-11-6-5-7-12-28)60-47(72)37(20-30-22-52-26-56-30)58-40(65)23-55-42(39)67/h5-9,11-13,15,21-22,26,33-39,54H,3-4,10,14,16-20,23-25H2,1-2H3,(H2,49,66)(H,52,56)(H,55,67)(H,57,64)(H,58,65)(H,59,70)(H,60,72)(H,61,69)(H,62,71)(H,63,68)(H4,50,51,53)/t33-,34-,35+,36-,37-,38+,39-/m0/s1. The molecule has 26 heteroatoms. The van der Waals surface area contributed by atoms with E-state index in [9.17, 15) is 43.2 Å². The smallest absolute Gasteiger partial charge is 0.243 e. The van der Waals surface area contributed by atoms with E-state index in [1.165, 1.54) is 19.4 Å². The number of nitrogens with one attached hydrogen (secondary N) is 10. The lowest BCUT2D eigenvalue weighted by molar-refractivity contribution is -0.135. The number of aliphatic imine (C=N–C) groups is 1. The molecule has 1 fully saturated rings. The summed E-state index contributed by atoms with van der Waals surface area (Å²) in [5, 5.41) is 22.1. The van der Waals surface area contributed by atoms with Crippen LogP contribution in [0.25, 0.3) is 10.9 Å². The lowest BCUT2D eigenvalue weighted by Gasteiger charge is -2.27. The number of fused-ring (bicyclic) bond motifs is 1. The Morgan fingerprint density at radius 3 is 2.08 bits per heavy atom. The van der Waals surface area contributed by atoms with E-state index in [-0.39, 0.29) is 62.5 Å². The van der Waals surface area contributed by atoms with Crippen LogP contribution in [0.3, 0.4) is 0 Å². The molecule has 0 spiro atoms. The van der Waals surface area contributed by atoms with Crippen molar-refractivity contribution in [3.63, 3.8) is 0 Å². The van der Waals surface area contributed by atoms with Crippen LogP contribution in [-0.4, -0.2) is 141 Å².